The number of benzene rings is 2. The minimum atomic E-state index is 0.0505. The molecule has 0 unspecified atom stereocenters. The normalized spacial score (nSPS) is 10.4. The van der Waals surface area contributed by atoms with Crippen molar-refractivity contribution in [1.29, 1.82) is 0 Å². The number of amides is 1. The van der Waals surface area contributed by atoms with Crippen LogP contribution in [0.25, 0.3) is 0 Å². The first kappa shape index (κ1) is 17.2. The van der Waals surface area contributed by atoms with Crippen LogP contribution in [-0.4, -0.2) is 17.4 Å². The third-order valence-electron chi connectivity index (χ3n) is 3.72. The molecule has 3 rings (SSSR count). The highest BCUT2D eigenvalue weighted by molar-refractivity contribution is 7.09. The minimum Gasteiger partial charge on any atom is -0.486 e. The maximum absolute atomic E-state index is 12.6. The van der Waals surface area contributed by atoms with Gasteiger partial charge in [0.2, 0.25) is 5.91 Å². The van der Waals surface area contributed by atoms with Gasteiger partial charge in [-0.2, -0.15) is 0 Å². The van der Waals surface area contributed by atoms with Crippen LogP contribution in [0.4, 0.5) is 5.69 Å². The van der Waals surface area contributed by atoms with Gasteiger partial charge in [-0.15, -0.1) is 11.3 Å². The van der Waals surface area contributed by atoms with Gasteiger partial charge < -0.3 is 9.64 Å². The first-order valence-electron chi connectivity index (χ1n) is 8.23. The number of hydrogen-bond donors (Lipinski definition) is 0. The molecular weight excluding hydrogens is 332 g/mol. The van der Waals surface area contributed by atoms with Gasteiger partial charge in [-0.3, -0.25) is 4.79 Å². The van der Waals surface area contributed by atoms with E-state index in [9.17, 15) is 4.79 Å². The molecule has 0 atom stereocenters. The van der Waals surface area contributed by atoms with Crippen LogP contribution in [0.1, 0.15) is 17.6 Å². The Morgan fingerprint density at radius 3 is 2.44 bits per heavy atom. The van der Waals surface area contributed by atoms with Gasteiger partial charge in [0.1, 0.15) is 17.4 Å². The summed E-state index contributed by atoms with van der Waals surface area (Å²) in [6, 6.07) is 19.4. The molecule has 1 aromatic heterocycles. The molecule has 5 heteroatoms. The zero-order valence-corrected chi connectivity index (χ0v) is 14.9. The van der Waals surface area contributed by atoms with Crippen molar-refractivity contribution in [2.45, 2.75) is 20.0 Å². The molecular formula is C20H20N2O2S. The highest BCUT2D eigenvalue weighted by Gasteiger charge is 2.16. The number of rotatable bonds is 7. The molecule has 2 aromatic carbocycles. The summed E-state index contributed by atoms with van der Waals surface area (Å²) in [4.78, 5) is 18.9. The summed E-state index contributed by atoms with van der Waals surface area (Å²) in [6.07, 6.45) is 0.296. The van der Waals surface area contributed by atoms with Gasteiger partial charge in [0.25, 0.3) is 0 Å². The zero-order valence-electron chi connectivity index (χ0n) is 14.1. The Labute approximate surface area is 151 Å². The van der Waals surface area contributed by atoms with Crippen molar-refractivity contribution < 1.29 is 9.53 Å². The predicted molar refractivity (Wildman–Crippen MR) is 101 cm³/mol. The van der Waals surface area contributed by atoms with Crippen molar-refractivity contribution in [2.24, 2.45) is 0 Å². The van der Waals surface area contributed by atoms with Crippen LogP contribution >= 0.6 is 11.3 Å². The number of ether oxygens (including phenoxy) is 1. The van der Waals surface area contributed by atoms with Crippen molar-refractivity contribution in [2.75, 3.05) is 11.4 Å². The van der Waals surface area contributed by atoms with Crippen LogP contribution in [0.5, 0.6) is 5.75 Å². The van der Waals surface area contributed by atoms with Gasteiger partial charge in [-0.05, 0) is 31.2 Å². The van der Waals surface area contributed by atoms with Crippen LogP contribution < -0.4 is 9.64 Å². The summed E-state index contributed by atoms with van der Waals surface area (Å²) in [5, 5.41) is 2.80. The van der Waals surface area contributed by atoms with E-state index in [4.69, 9.17) is 4.74 Å². The third-order valence-corrected chi connectivity index (χ3v) is 4.59. The summed E-state index contributed by atoms with van der Waals surface area (Å²) < 4.78 is 5.70. The Morgan fingerprint density at radius 2 is 1.76 bits per heavy atom. The van der Waals surface area contributed by atoms with E-state index in [1.54, 1.807) is 4.90 Å². The number of anilines is 1. The lowest BCUT2D eigenvalue weighted by molar-refractivity contribution is -0.118. The van der Waals surface area contributed by atoms with Gasteiger partial charge in [-0.25, -0.2) is 4.98 Å². The molecule has 128 valence electrons. The lowest BCUT2D eigenvalue weighted by atomic mass is 10.2. The lowest BCUT2D eigenvalue weighted by Gasteiger charge is -2.20. The van der Waals surface area contributed by atoms with Gasteiger partial charge in [-0.1, -0.05) is 36.4 Å². The molecule has 1 heterocycles. The molecule has 0 saturated carbocycles. The fraction of sp³-hybridized carbons (Fsp3) is 0.200. The third kappa shape index (κ3) is 4.67. The first-order chi connectivity index (χ1) is 12.3. The van der Waals surface area contributed by atoms with Crippen molar-refractivity contribution in [3.63, 3.8) is 0 Å². The van der Waals surface area contributed by atoms with Crippen LogP contribution in [-0.2, 0) is 17.8 Å². The lowest BCUT2D eigenvalue weighted by Crippen LogP contribution is -2.32. The van der Waals surface area contributed by atoms with E-state index < -0.39 is 0 Å². The largest absolute Gasteiger partial charge is 0.486 e. The second kappa shape index (κ2) is 8.44. The zero-order chi connectivity index (χ0) is 17.5. The minimum absolute atomic E-state index is 0.0505. The molecule has 0 saturated heterocycles. The van der Waals surface area contributed by atoms with E-state index in [1.807, 2.05) is 73.0 Å². The fourth-order valence-corrected chi connectivity index (χ4v) is 3.22. The molecule has 0 N–H and O–H groups in total. The maximum Gasteiger partial charge on any atom is 0.233 e. The fourth-order valence-electron chi connectivity index (χ4n) is 2.52. The summed E-state index contributed by atoms with van der Waals surface area (Å²) in [6.45, 7) is 3.03. The van der Waals surface area contributed by atoms with Crippen LogP contribution in [0.3, 0.4) is 0 Å². The van der Waals surface area contributed by atoms with Gasteiger partial charge in [0.05, 0.1) is 12.1 Å². The van der Waals surface area contributed by atoms with Crippen molar-refractivity contribution in [1.82, 2.24) is 4.98 Å². The standard InChI is InChI=1S/C20H20N2O2S/c1-2-22(17-9-5-3-6-10-17)20(23)13-16-15-25-19(21-16)14-24-18-11-7-4-8-12-18/h3-12,15H,2,13-14H2,1H3. The van der Waals surface area contributed by atoms with E-state index >= 15 is 0 Å². The number of carbonyl (C=O) groups is 1. The van der Waals surface area contributed by atoms with E-state index in [1.165, 1.54) is 11.3 Å². The summed E-state index contributed by atoms with van der Waals surface area (Å²) in [5.41, 5.74) is 1.70. The van der Waals surface area contributed by atoms with Crippen LogP contribution in [0.15, 0.2) is 66.0 Å². The molecule has 3 aromatic rings. The summed E-state index contributed by atoms with van der Waals surface area (Å²) in [7, 11) is 0. The van der Waals surface area contributed by atoms with Gasteiger partial charge in [0.15, 0.2) is 0 Å². The molecule has 0 bridgehead atoms. The molecule has 4 nitrogen and oxygen atoms in total. The first-order valence-corrected chi connectivity index (χ1v) is 9.10. The Morgan fingerprint density at radius 1 is 1.08 bits per heavy atom. The Kier molecular flexibility index (Phi) is 5.80. The average molecular weight is 352 g/mol. The molecule has 25 heavy (non-hydrogen) atoms. The van der Waals surface area contributed by atoms with E-state index in [0.717, 1.165) is 22.1 Å². The number of carbonyl (C=O) groups excluding carboxylic acids is 1. The molecule has 0 fully saturated rings. The number of likely N-dealkylation sites (N-methyl/N-ethyl adjacent to an activating group) is 1. The van der Waals surface area contributed by atoms with E-state index in [2.05, 4.69) is 4.98 Å². The number of hydrogen-bond acceptors (Lipinski definition) is 4. The number of para-hydroxylation sites is 2. The van der Waals surface area contributed by atoms with Gasteiger partial charge >= 0.3 is 0 Å². The number of thiazole rings is 1. The molecule has 0 aliphatic heterocycles. The van der Waals surface area contributed by atoms with E-state index in [-0.39, 0.29) is 5.91 Å². The van der Waals surface area contributed by atoms with Crippen molar-refractivity contribution in [3.8, 4) is 5.75 Å². The topological polar surface area (TPSA) is 42.4 Å². The van der Waals surface area contributed by atoms with Crippen molar-refractivity contribution in [3.05, 3.63) is 76.7 Å². The predicted octanol–water partition coefficient (Wildman–Crippen LogP) is 4.32. The SMILES string of the molecule is CCN(C(=O)Cc1csc(COc2ccccc2)n1)c1ccccc1. The highest BCUT2D eigenvalue weighted by Crippen LogP contribution is 2.18. The molecule has 0 radical (unpaired) electrons. The number of nitrogens with zero attached hydrogens (tertiary/aromatic N) is 2. The van der Waals surface area contributed by atoms with Crippen molar-refractivity contribution >= 4 is 22.9 Å². The molecule has 1 amide bonds. The summed E-state index contributed by atoms with van der Waals surface area (Å²) in [5.74, 6) is 0.867. The quantitative estimate of drug-likeness (QED) is 0.636. The van der Waals surface area contributed by atoms with Crippen LogP contribution in [0, 0.1) is 0 Å². The summed E-state index contributed by atoms with van der Waals surface area (Å²) >= 11 is 1.52. The van der Waals surface area contributed by atoms with Gasteiger partial charge in [0, 0.05) is 17.6 Å². The Hall–Kier alpha value is -2.66. The monoisotopic (exact) mass is 352 g/mol. The second-order valence-corrected chi connectivity index (χ2v) is 6.43. The molecule has 0 aliphatic carbocycles. The van der Waals surface area contributed by atoms with E-state index in [0.29, 0.717) is 19.6 Å². The average Bonchev–Trinajstić information content (AvgIpc) is 3.10. The Balaban J connectivity index is 1.59. The number of aromatic nitrogens is 1. The molecule has 0 aliphatic rings. The molecule has 0 spiro atoms. The maximum atomic E-state index is 12.6. The smallest absolute Gasteiger partial charge is 0.233 e. The Bertz CT molecular complexity index is 803. The highest BCUT2D eigenvalue weighted by atomic mass is 32.1. The van der Waals surface area contributed by atoms with Crippen LogP contribution in [0.2, 0.25) is 0 Å². The second-order valence-electron chi connectivity index (χ2n) is 5.48.